The molecule has 1 aromatic rings. The summed E-state index contributed by atoms with van der Waals surface area (Å²) in [5.41, 5.74) is 0.760. The standard InChI is InChI=1S/C12H12FNO3/c1-7-5-8-10(9(13)6-7)14(3-2-4-15)12(17)11(8)16/h5-6,15H,2-4H2,1H3. The maximum absolute atomic E-state index is 13.8. The first kappa shape index (κ1) is 11.7. The van der Waals surface area contributed by atoms with Crippen molar-refractivity contribution in [2.75, 3.05) is 18.1 Å². The predicted molar refractivity (Wildman–Crippen MR) is 59.5 cm³/mol. The number of carbonyl (C=O) groups excluding carboxylic acids is 2. The van der Waals surface area contributed by atoms with Crippen LogP contribution < -0.4 is 4.90 Å². The Bertz CT molecular complexity index is 499. The largest absolute Gasteiger partial charge is 0.396 e. The number of anilines is 1. The molecule has 90 valence electrons. The van der Waals surface area contributed by atoms with E-state index < -0.39 is 17.5 Å². The summed E-state index contributed by atoms with van der Waals surface area (Å²) < 4.78 is 13.8. The number of benzene rings is 1. The number of carbonyl (C=O) groups is 2. The Balaban J connectivity index is 2.48. The highest BCUT2D eigenvalue weighted by atomic mass is 19.1. The zero-order valence-electron chi connectivity index (χ0n) is 9.36. The van der Waals surface area contributed by atoms with Crippen molar-refractivity contribution in [2.45, 2.75) is 13.3 Å². The molecule has 17 heavy (non-hydrogen) atoms. The maximum atomic E-state index is 13.8. The molecule has 1 aliphatic rings. The van der Waals surface area contributed by atoms with E-state index in [1.807, 2.05) is 0 Å². The molecule has 1 aliphatic heterocycles. The van der Waals surface area contributed by atoms with E-state index in [1.165, 1.54) is 12.1 Å². The van der Waals surface area contributed by atoms with Gasteiger partial charge in [0, 0.05) is 13.2 Å². The Labute approximate surface area is 97.7 Å². The molecule has 0 aromatic heterocycles. The van der Waals surface area contributed by atoms with Crippen LogP contribution >= 0.6 is 0 Å². The highest BCUT2D eigenvalue weighted by molar-refractivity contribution is 6.52. The lowest BCUT2D eigenvalue weighted by atomic mass is 10.1. The Morgan fingerprint density at radius 2 is 2.06 bits per heavy atom. The van der Waals surface area contributed by atoms with Gasteiger partial charge in [0.2, 0.25) is 0 Å². The molecule has 0 bridgehead atoms. The van der Waals surface area contributed by atoms with Gasteiger partial charge in [-0.2, -0.15) is 0 Å². The number of nitrogens with zero attached hydrogens (tertiary/aromatic N) is 1. The van der Waals surface area contributed by atoms with Gasteiger partial charge >= 0.3 is 0 Å². The molecule has 2 rings (SSSR count). The zero-order valence-corrected chi connectivity index (χ0v) is 9.36. The molecule has 5 heteroatoms. The fraction of sp³-hybridized carbons (Fsp3) is 0.333. The SMILES string of the molecule is Cc1cc(F)c2c(c1)C(=O)C(=O)N2CCCO. The van der Waals surface area contributed by atoms with Crippen molar-refractivity contribution in [3.8, 4) is 0 Å². The molecule has 1 N–H and O–H groups in total. The van der Waals surface area contributed by atoms with Crippen LogP contribution in [0.1, 0.15) is 22.3 Å². The first-order valence-corrected chi connectivity index (χ1v) is 5.33. The van der Waals surface area contributed by atoms with Crippen molar-refractivity contribution in [1.29, 1.82) is 0 Å². The maximum Gasteiger partial charge on any atom is 0.299 e. The average molecular weight is 237 g/mol. The van der Waals surface area contributed by atoms with Gasteiger partial charge in [-0.15, -0.1) is 0 Å². The van der Waals surface area contributed by atoms with Crippen molar-refractivity contribution in [2.24, 2.45) is 0 Å². The number of Topliss-reactive ketones (excluding diaryl/α,β-unsaturated/α-hetero) is 1. The van der Waals surface area contributed by atoms with Crippen molar-refractivity contribution >= 4 is 17.4 Å². The third kappa shape index (κ3) is 1.82. The number of fused-ring (bicyclic) bond motifs is 1. The van der Waals surface area contributed by atoms with Gasteiger partial charge in [0.05, 0.1) is 11.3 Å². The molecule has 0 saturated carbocycles. The van der Waals surface area contributed by atoms with Crippen molar-refractivity contribution in [3.63, 3.8) is 0 Å². The summed E-state index contributed by atoms with van der Waals surface area (Å²) in [5.74, 6) is -1.98. The predicted octanol–water partition coefficient (Wildman–Crippen LogP) is 1.05. The van der Waals surface area contributed by atoms with Crippen molar-refractivity contribution < 1.29 is 19.1 Å². The van der Waals surface area contributed by atoms with E-state index in [2.05, 4.69) is 0 Å². The number of hydrogen-bond acceptors (Lipinski definition) is 3. The highest BCUT2D eigenvalue weighted by Crippen LogP contribution is 2.32. The first-order chi connectivity index (χ1) is 8.06. The third-order valence-electron chi connectivity index (χ3n) is 2.70. The van der Waals surface area contributed by atoms with Gasteiger partial charge in [-0.3, -0.25) is 9.59 Å². The van der Waals surface area contributed by atoms with Crippen LogP contribution in [0.5, 0.6) is 0 Å². The zero-order chi connectivity index (χ0) is 12.6. The molecule has 1 amide bonds. The summed E-state index contributed by atoms with van der Waals surface area (Å²) in [6, 6.07) is 2.80. The second-order valence-corrected chi connectivity index (χ2v) is 4.01. The summed E-state index contributed by atoms with van der Waals surface area (Å²) >= 11 is 0. The molecule has 0 radical (unpaired) electrons. The number of aliphatic hydroxyl groups excluding tert-OH is 1. The van der Waals surface area contributed by atoms with E-state index >= 15 is 0 Å². The molecule has 0 unspecified atom stereocenters. The summed E-state index contributed by atoms with van der Waals surface area (Å²) in [7, 11) is 0. The molecule has 0 fully saturated rings. The van der Waals surface area contributed by atoms with E-state index in [-0.39, 0.29) is 24.4 Å². The minimum Gasteiger partial charge on any atom is -0.396 e. The molecular formula is C12H12FNO3. The van der Waals surface area contributed by atoms with Gasteiger partial charge in [-0.25, -0.2) is 4.39 Å². The van der Waals surface area contributed by atoms with E-state index in [1.54, 1.807) is 6.92 Å². The molecule has 0 aliphatic carbocycles. The topological polar surface area (TPSA) is 57.6 Å². The third-order valence-corrected chi connectivity index (χ3v) is 2.70. The summed E-state index contributed by atoms with van der Waals surface area (Å²) in [5, 5.41) is 8.72. The van der Waals surface area contributed by atoms with Crippen LogP contribution in [-0.4, -0.2) is 29.9 Å². The number of aryl methyl sites for hydroxylation is 1. The quantitative estimate of drug-likeness (QED) is 0.799. The minimum atomic E-state index is -0.724. The molecule has 1 heterocycles. The number of halogens is 1. The second-order valence-electron chi connectivity index (χ2n) is 4.01. The minimum absolute atomic E-state index is 0.0408. The molecule has 0 saturated heterocycles. The monoisotopic (exact) mass is 237 g/mol. The van der Waals surface area contributed by atoms with Crippen LogP contribution in [0.25, 0.3) is 0 Å². The van der Waals surface area contributed by atoms with Crippen LogP contribution in [0.2, 0.25) is 0 Å². The van der Waals surface area contributed by atoms with Gasteiger partial charge in [0.15, 0.2) is 0 Å². The van der Waals surface area contributed by atoms with E-state index in [9.17, 15) is 14.0 Å². The molecule has 1 aromatic carbocycles. The number of rotatable bonds is 3. The van der Waals surface area contributed by atoms with Crippen LogP contribution in [0, 0.1) is 12.7 Å². The lowest BCUT2D eigenvalue weighted by Gasteiger charge is -2.16. The smallest absolute Gasteiger partial charge is 0.299 e. The Morgan fingerprint density at radius 1 is 1.35 bits per heavy atom. The second kappa shape index (κ2) is 4.25. The molecule has 4 nitrogen and oxygen atoms in total. The summed E-state index contributed by atoms with van der Waals surface area (Å²) in [6.07, 6.45) is 0.311. The normalized spacial score (nSPS) is 14.4. The average Bonchev–Trinajstić information content (AvgIpc) is 2.51. The van der Waals surface area contributed by atoms with E-state index in [4.69, 9.17) is 5.11 Å². The fourth-order valence-corrected chi connectivity index (χ4v) is 1.96. The lowest BCUT2D eigenvalue weighted by molar-refractivity contribution is -0.114. The van der Waals surface area contributed by atoms with Gasteiger partial charge < -0.3 is 10.0 Å². The Kier molecular flexibility index (Phi) is 2.93. The van der Waals surface area contributed by atoms with Gasteiger partial charge in [0.25, 0.3) is 11.7 Å². The number of aliphatic hydroxyl groups is 1. The van der Waals surface area contributed by atoms with E-state index in [0.717, 1.165) is 4.90 Å². The van der Waals surface area contributed by atoms with Gasteiger partial charge in [0.1, 0.15) is 5.82 Å². The summed E-state index contributed by atoms with van der Waals surface area (Å²) in [4.78, 5) is 24.4. The highest BCUT2D eigenvalue weighted by Gasteiger charge is 2.37. The van der Waals surface area contributed by atoms with Crippen LogP contribution in [0.4, 0.5) is 10.1 Å². The fourth-order valence-electron chi connectivity index (χ4n) is 1.96. The van der Waals surface area contributed by atoms with Crippen LogP contribution in [0.3, 0.4) is 0 Å². The summed E-state index contributed by atoms with van der Waals surface area (Å²) in [6.45, 7) is 1.70. The Morgan fingerprint density at radius 3 is 2.71 bits per heavy atom. The molecule has 0 spiro atoms. The van der Waals surface area contributed by atoms with Crippen molar-refractivity contribution in [1.82, 2.24) is 0 Å². The van der Waals surface area contributed by atoms with Gasteiger partial charge in [-0.1, -0.05) is 0 Å². The van der Waals surface area contributed by atoms with E-state index in [0.29, 0.717) is 12.0 Å². The van der Waals surface area contributed by atoms with Gasteiger partial charge in [-0.05, 0) is 31.0 Å². The number of ketones is 1. The first-order valence-electron chi connectivity index (χ1n) is 5.33. The Hall–Kier alpha value is -1.75. The van der Waals surface area contributed by atoms with Crippen molar-refractivity contribution in [3.05, 3.63) is 29.1 Å². The van der Waals surface area contributed by atoms with Crippen LogP contribution in [-0.2, 0) is 4.79 Å². The molecule has 0 atom stereocenters. The lowest BCUT2D eigenvalue weighted by Crippen LogP contribution is -2.31. The number of amides is 1. The van der Waals surface area contributed by atoms with Crippen LogP contribution in [0.15, 0.2) is 12.1 Å². The number of hydrogen-bond donors (Lipinski definition) is 1. The molecular weight excluding hydrogens is 225 g/mol.